The van der Waals surface area contributed by atoms with Crippen LogP contribution in [-0.4, -0.2) is 34.2 Å². The van der Waals surface area contributed by atoms with E-state index in [2.05, 4.69) is 11.7 Å². The summed E-state index contributed by atoms with van der Waals surface area (Å²) in [5.74, 6) is 0. The van der Waals surface area contributed by atoms with Crippen LogP contribution in [0, 0.1) is 11.3 Å². The van der Waals surface area contributed by atoms with E-state index in [1.165, 1.54) is 0 Å². The fourth-order valence-electron chi connectivity index (χ4n) is 2.59. The molecule has 1 aliphatic heterocycles. The summed E-state index contributed by atoms with van der Waals surface area (Å²) in [6.07, 6.45) is 5.41. The molecule has 0 spiro atoms. The molecule has 1 atom stereocenters. The van der Waals surface area contributed by atoms with Gasteiger partial charge in [-0.05, 0) is 37.8 Å². The second-order valence-electron chi connectivity index (χ2n) is 5.80. The molecule has 1 aliphatic rings. The molecule has 1 aromatic heterocycles. The Kier molecular flexibility index (Phi) is 5.53. The third kappa shape index (κ3) is 3.85. The number of hydrogen-bond acceptors (Lipinski definition) is 4. The fourth-order valence-corrected chi connectivity index (χ4v) is 2.59. The van der Waals surface area contributed by atoms with Gasteiger partial charge >= 0.3 is 0 Å². The number of rotatable bonds is 5. The first-order chi connectivity index (χ1) is 10.5. The number of aromatic nitrogens is 2. The van der Waals surface area contributed by atoms with E-state index in [1.807, 2.05) is 37.0 Å². The summed E-state index contributed by atoms with van der Waals surface area (Å²) < 4.78 is 7.37. The molecule has 2 rings (SSSR count). The van der Waals surface area contributed by atoms with Gasteiger partial charge in [-0.3, -0.25) is 4.68 Å². The van der Waals surface area contributed by atoms with E-state index >= 15 is 0 Å². The summed E-state index contributed by atoms with van der Waals surface area (Å²) in [7, 11) is 0. The van der Waals surface area contributed by atoms with Gasteiger partial charge in [-0.1, -0.05) is 6.58 Å². The number of aliphatic hydroxyl groups excluding tert-OH is 1. The molecule has 1 saturated heterocycles. The van der Waals surface area contributed by atoms with E-state index in [0.29, 0.717) is 11.6 Å². The lowest BCUT2D eigenvalue weighted by molar-refractivity contribution is 0.0662. The highest BCUT2D eigenvalue weighted by molar-refractivity contribution is 5.66. The third-order valence-corrected chi connectivity index (χ3v) is 4.29. The number of aliphatic hydroxyl groups is 1. The summed E-state index contributed by atoms with van der Waals surface area (Å²) in [5, 5.41) is 23.4. The van der Waals surface area contributed by atoms with Crippen molar-refractivity contribution in [3.05, 3.63) is 35.7 Å². The van der Waals surface area contributed by atoms with Crippen LogP contribution in [0.4, 0.5) is 0 Å². The Balaban J connectivity index is 2.12. The summed E-state index contributed by atoms with van der Waals surface area (Å²) in [6, 6.07) is 2.36. The largest absolute Gasteiger partial charge is 0.388 e. The van der Waals surface area contributed by atoms with Gasteiger partial charge in [-0.2, -0.15) is 10.4 Å². The van der Waals surface area contributed by atoms with Crippen LogP contribution in [0.5, 0.6) is 0 Å². The van der Waals surface area contributed by atoms with Crippen molar-refractivity contribution in [3.8, 4) is 6.07 Å². The van der Waals surface area contributed by atoms with Gasteiger partial charge in [0.1, 0.15) is 0 Å². The van der Waals surface area contributed by atoms with E-state index < -0.39 is 6.10 Å². The van der Waals surface area contributed by atoms with Gasteiger partial charge in [-0.15, -0.1) is 0 Å². The van der Waals surface area contributed by atoms with Gasteiger partial charge in [-0.25, -0.2) is 0 Å². The molecule has 1 aromatic rings. The number of ether oxygens (including phenoxy) is 1. The Morgan fingerprint density at radius 3 is 2.86 bits per heavy atom. The maximum Gasteiger partial charge on any atom is 0.0941 e. The zero-order chi connectivity index (χ0) is 16.1. The maximum absolute atomic E-state index is 10.2. The van der Waals surface area contributed by atoms with E-state index in [-0.39, 0.29) is 6.42 Å². The monoisotopic (exact) mass is 301 g/mol. The average molecular weight is 301 g/mol. The van der Waals surface area contributed by atoms with Crippen molar-refractivity contribution in [2.24, 2.45) is 0 Å². The van der Waals surface area contributed by atoms with Crippen LogP contribution in [0.2, 0.25) is 0 Å². The van der Waals surface area contributed by atoms with Crippen molar-refractivity contribution in [3.63, 3.8) is 0 Å². The van der Waals surface area contributed by atoms with Gasteiger partial charge < -0.3 is 9.84 Å². The molecule has 1 N–H and O–H groups in total. The quantitative estimate of drug-likeness (QED) is 0.849. The van der Waals surface area contributed by atoms with E-state index in [1.54, 1.807) is 0 Å². The minimum Gasteiger partial charge on any atom is -0.388 e. The third-order valence-electron chi connectivity index (χ3n) is 4.29. The summed E-state index contributed by atoms with van der Waals surface area (Å²) in [6.45, 7) is 9.04. The fraction of sp³-hybridized carbons (Fsp3) is 0.529. The number of hydrogen-bond donors (Lipinski definition) is 1. The lowest BCUT2D eigenvalue weighted by atomic mass is 9.97. The van der Waals surface area contributed by atoms with E-state index in [0.717, 1.165) is 42.8 Å². The molecule has 1 fully saturated rings. The summed E-state index contributed by atoms with van der Waals surface area (Å²) in [5.41, 5.74) is 3.24. The van der Waals surface area contributed by atoms with Crippen molar-refractivity contribution in [1.82, 2.24) is 9.78 Å². The Hall–Kier alpha value is -1.90. The Bertz CT molecular complexity index is 604. The minimum absolute atomic E-state index is 0.272. The van der Waals surface area contributed by atoms with Crippen LogP contribution in [0.3, 0.4) is 0 Å². The van der Waals surface area contributed by atoms with Crippen molar-refractivity contribution < 1.29 is 9.84 Å². The highest BCUT2D eigenvalue weighted by atomic mass is 16.5. The van der Waals surface area contributed by atoms with Crippen LogP contribution >= 0.6 is 0 Å². The molecule has 0 radical (unpaired) electrons. The van der Waals surface area contributed by atoms with Crippen LogP contribution in [0.25, 0.3) is 5.57 Å². The molecular formula is C17H23N3O2. The molecule has 2 heterocycles. The Morgan fingerprint density at radius 2 is 2.23 bits per heavy atom. The molecule has 118 valence electrons. The second kappa shape index (κ2) is 7.39. The first kappa shape index (κ1) is 16.5. The molecular weight excluding hydrogens is 278 g/mol. The molecule has 0 saturated carbocycles. The summed E-state index contributed by atoms with van der Waals surface area (Å²) >= 11 is 0. The van der Waals surface area contributed by atoms with Crippen molar-refractivity contribution in [2.45, 2.75) is 45.3 Å². The van der Waals surface area contributed by atoms with E-state index in [4.69, 9.17) is 10.00 Å². The van der Waals surface area contributed by atoms with Gasteiger partial charge in [0, 0.05) is 37.0 Å². The highest BCUT2D eigenvalue weighted by Crippen LogP contribution is 2.25. The highest BCUT2D eigenvalue weighted by Gasteiger charge is 2.18. The zero-order valence-corrected chi connectivity index (χ0v) is 13.2. The maximum atomic E-state index is 10.2. The Labute approximate surface area is 131 Å². The average Bonchev–Trinajstić information content (AvgIpc) is 3.04. The molecule has 0 aliphatic carbocycles. The standard InChI is InChI=1S/C17H23N3O2/c1-12(9-18)8-17(21)14(3)13(2)15-10-19-20(11-15)16-4-6-22-7-5-16/h10-11,16-17,21H,1,4-8H2,2-3H3/b14-13-. The minimum atomic E-state index is -0.682. The SMILES string of the molecule is C=C(C#N)CC(O)/C(C)=C(/C)c1cnn(C2CCOCC2)c1. The second-order valence-corrected chi connectivity index (χ2v) is 5.80. The molecule has 0 aromatic carbocycles. The molecule has 5 heteroatoms. The smallest absolute Gasteiger partial charge is 0.0941 e. The molecule has 22 heavy (non-hydrogen) atoms. The van der Waals surface area contributed by atoms with Crippen LogP contribution in [0.15, 0.2) is 30.1 Å². The van der Waals surface area contributed by atoms with Crippen molar-refractivity contribution in [1.29, 1.82) is 5.26 Å². The zero-order valence-electron chi connectivity index (χ0n) is 13.2. The van der Waals surface area contributed by atoms with Gasteiger partial charge in [0.05, 0.1) is 24.4 Å². The first-order valence-corrected chi connectivity index (χ1v) is 7.58. The van der Waals surface area contributed by atoms with Crippen LogP contribution in [0.1, 0.15) is 44.7 Å². The van der Waals surface area contributed by atoms with Gasteiger partial charge in [0.2, 0.25) is 0 Å². The number of allylic oxidation sites excluding steroid dienone is 1. The predicted octanol–water partition coefficient (Wildman–Crippen LogP) is 2.86. The lowest BCUT2D eigenvalue weighted by Gasteiger charge is -2.22. The molecule has 1 unspecified atom stereocenters. The number of nitriles is 1. The Morgan fingerprint density at radius 1 is 1.55 bits per heavy atom. The molecule has 5 nitrogen and oxygen atoms in total. The molecule has 0 bridgehead atoms. The topological polar surface area (TPSA) is 71.1 Å². The van der Waals surface area contributed by atoms with Crippen molar-refractivity contribution >= 4 is 5.57 Å². The van der Waals surface area contributed by atoms with Crippen molar-refractivity contribution in [2.75, 3.05) is 13.2 Å². The predicted molar refractivity (Wildman–Crippen MR) is 85.0 cm³/mol. The van der Waals surface area contributed by atoms with Crippen LogP contribution in [-0.2, 0) is 4.74 Å². The summed E-state index contributed by atoms with van der Waals surface area (Å²) in [4.78, 5) is 0. The first-order valence-electron chi connectivity index (χ1n) is 7.58. The van der Waals surface area contributed by atoms with Crippen LogP contribution < -0.4 is 0 Å². The molecule has 0 amide bonds. The van der Waals surface area contributed by atoms with E-state index in [9.17, 15) is 5.11 Å². The van der Waals surface area contributed by atoms with Gasteiger partial charge in [0.15, 0.2) is 0 Å². The number of nitrogens with zero attached hydrogens (tertiary/aromatic N) is 3. The normalized spacial score (nSPS) is 18.5. The lowest BCUT2D eigenvalue weighted by Crippen LogP contribution is -2.19. The van der Waals surface area contributed by atoms with Gasteiger partial charge in [0.25, 0.3) is 0 Å².